The normalized spacial score (nSPS) is 19.0. The molecule has 0 radical (unpaired) electrons. The van der Waals surface area contributed by atoms with Gasteiger partial charge in [0.25, 0.3) is 0 Å². The topological polar surface area (TPSA) is 72.3 Å². The number of aromatic nitrogens is 3. The highest BCUT2D eigenvalue weighted by molar-refractivity contribution is 7.15. The SMILES string of the molecule is C=CC(=O)N1CC[C@H](Oc2nc(Nc3ncc(C)s3)cc3c2ccn3CC2CCCC2)C1. The second-order valence-electron chi connectivity index (χ2n) is 8.78. The maximum absolute atomic E-state index is 12.0. The van der Waals surface area contributed by atoms with Gasteiger partial charge in [-0.15, -0.1) is 11.3 Å². The molecular weight excluding hydrogens is 422 g/mol. The predicted molar refractivity (Wildman–Crippen MR) is 128 cm³/mol. The van der Waals surface area contributed by atoms with E-state index in [1.54, 1.807) is 16.2 Å². The third-order valence-electron chi connectivity index (χ3n) is 6.43. The van der Waals surface area contributed by atoms with Gasteiger partial charge in [-0.3, -0.25) is 4.79 Å². The van der Waals surface area contributed by atoms with Crippen LogP contribution < -0.4 is 10.1 Å². The van der Waals surface area contributed by atoms with Gasteiger partial charge in [-0.05, 0) is 37.8 Å². The quantitative estimate of drug-likeness (QED) is 0.517. The third kappa shape index (κ3) is 4.37. The molecule has 2 fully saturated rings. The Morgan fingerprint density at radius 2 is 2.22 bits per heavy atom. The van der Waals surface area contributed by atoms with Crippen molar-refractivity contribution in [3.8, 4) is 5.88 Å². The van der Waals surface area contributed by atoms with E-state index in [2.05, 4.69) is 39.8 Å². The largest absolute Gasteiger partial charge is 0.472 e. The summed E-state index contributed by atoms with van der Waals surface area (Å²) in [4.78, 5) is 24.1. The van der Waals surface area contributed by atoms with Crippen LogP contribution in [0, 0.1) is 12.8 Å². The molecular formula is C24H29N5O2S. The molecule has 1 atom stereocenters. The van der Waals surface area contributed by atoms with Gasteiger partial charge in [0.15, 0.2) is 5.13 Å². The molecule has 1 saturated heterocycles. The van der Waals surface area contributed by atoms with Gasteiger partial charge >= 0.3 is 0 Å². The Labute approximate surface area is 192 Å². The lowest BCUT2D eigenvalue weighted by Crippen LogP contribution is -2.29. The Bertz CT molecular complexity index is 1130. The number of carbonyl (C=O) groups excluding carboxylic acids is 1. The molecule has 3 aromatic rings. The minimum atomic E-state index is -0.0786. The first-order chi connectivity index (χ1) is 15.6. The van der Waals surface area contributed by atoms with Crippen molar-refractivity contribution in [1.82, 2.24) is 19.4 Å². The predicted octanol–water partition coefficient (Wildman–Crippen LogP) is 4.90. The minimum absolute atomic E-state index is 0.0496. The number of hydrogen-bond acceptors (Lipinski definition) is 6. The Hall–Kier alpha value is -2.87. The van der Waals surface area contributed by atoms with Gasteiger partial charge in [0.2, 0.25) is 11.8 Å². The summed E-state index contributed by atoms with van der Waals surface area (Å²) in [7, 11) is 0. The van der Waals surface area contributed by atoms with Crippen molar-refractivity contribution < 1.29 is 9.53 Å². The van der Waals surface area contributed by atoms with Gasteiger partial charge in [-0.2, -0.15) is 4.98 Å². The van der Waals surface area contributed by atoms with Crippen molar-refractivity contribution in [1.29, 1.82) is 0 Å². The fourth-order valence-corrected chi connectivity index (χ4v) is 5.45. The summed E-state index contributed by atoms with van der Waals surface area (Å²) < 4.78 is 8.70. The lowest BCUT2D eigenvalue weighted by molar-refractivity contribution is -0.125. The first-order valence-corrected chi connectivity index (χ1v) is 12.2. The summed E-state index contributed by atoms with van der Waals surface area (Å²) in [5.41, 5.74) is 1.12. The molecule has 4 heterocycles. The van der Waals surface area contributed by atoms with Crippen LogP contribution in [0.25, 0.3) is 10.9 Å². The number of aryl methyl sites for hydroxylation is 1. The number of amides is 1. The number of anilines is 2. The number of pyridine rings is 1. The fourth-order valence-electron chi connectivity index (χ4n) is 4.78. The summed E-state index contributed by atoms with van der Waals surface area (Å²) >= 11 is 1.60. The molecule has 7 nitrogen and oxygen atoms in total. The van der Waals surface area contributed by atoms with Gasteiger partial charge in [-0.25, -0.2) is 4.98 Å². The zero-order valence-electron chi connectivity index (χ0n) is 18.4. The van der Waals surface area contributed by atoms with Crippen molar-refractivity contribution in [3.63, 3.8) is 0 Å². The highest BCUT2D eigenvalue weighted by atomic mass is 32.1. The van der Waals surface area contributed by atoms with Crippen LogP contribution in [0.4, 0.5) is 10.9 Å². The van der Waals surface area contributed by atoms with Gasteiger partial charge in [0, 0.05) is 42.8 Å². The average molecular weight is 452 g/mol. The van der Waals surface area contributed by atoms with Crippen molar-refractivity contribution in [2.45, 2.75) is 51.7 Å². The molecule has 168 valence electrons. The van der Waals surface area contributed by atoms with Gasteiger partial charge in [0.1, 0.15) is 11.9 Å². The first-order valence-electron chi connectivity index (χ1n) is 11.4. The molecule has 1 aliphatic carbocycles. The molecule has 1 N–H and O–H groups in total. The number of fused-ring (bicyclic) bond motifs is 1. The fraction of sp³-hybridized carbons (Fsp3) is 0.458. The number of carbonyl (C=O) groups is 1. The van der Waals surface area contributed by atoms with Crippen LogP contribution in [0.1, 0.15) is 37.0 Å². The van der Waals surface area contributed by atoms with Crippen LogP contribution in [-0.2, 0) is 11.3 Å². The number of nitrogens with zero attached hydrogens (tertiary/aromatic N) is 4. The first kappa shape index (κ1) is 21.0. The third-order valence-corrected chi connectivity index (χ3v) is 7.26. The van der Waals surface area contributed by atoms with Crippen LogP contribution in [0.2, 0.25) is 0 Å². The Morgan fingerprint density at radius 1 is 1.38 bits per heavy atom. The molecule has 0 spiro atoms. The number of nitrogens with one attached hydrogen (secondary N) is 1. The van der Waals surface area contributed by atoms with Gasteiger partial charge < -0.3 is 19.5 Å². The monoisotopic (exact) mass is 451 g/mol. The summed E-state index contributed by atoms with van der Waals surface area (Å²) in [6.07, 6.45) is 11.3. The van der Waals surface area contributed by atoms with E-state index in [0.717, 1.165) is 45.6 Å². The van der Waals surface area contributed by atoms with E-state index >= 15 is 0 Å². The molecule has 2 aliphatic rings. The standard InChI is InChI=1S/C24H29N5O2S/c1-3-22(30)29-10-8-18(15-29)31-23-19-9-11-28(14-17-6-4-5-7-17)20(19)12-21(26-23)27-24-25-13-16(2)32-24/h3,9,11-13,17-18H,1,4-8,10,14-15H2,2H3,(H,25,26,27)/t18-/m0/s1. The second-order valence-corrected chi connectivity index (χ2v) is 10.0. The Morgan fingerprint density at radius 3 is 2.97 bits per heavy atom. The zero-order chi connectivity index (χ0) is 22.1. The van der Waals surface area contributed by atoms with E-state index in [9.17, 15) is 4.79 Å². The number of rotatable bonds is 7. The molecule has 8 heteroatoms. The number of thiazole rings is 1. The molecule has 3 aromatic heterocycles. The maximum Gasteiger partial charge on any atom is 0.246 e. The highest BCUT2D eigenvalue weighted by Gasteiger charge is 2.28. The molecule has 32 heavy (non-hydrogen) atoms. The van der Waals surface area contributed by atoms with Crippen molar-refractivity contribution >= 4 is 39.1 Å². The van der Waals surface area contributed by atoms with Crippen molar-refractivity contribution in [2.24, 2.45) is 5.92 Å². The number of likely N-dealkylation sites (tertiary alicyclic amines) is 1. The molecule has 0 unspecified atom stereocenters. The highest BCUT2D eigenvalue weighted by Crippen LogP contribution is 2.34. The summed E-state index contributed by atoms with van der Waals surface area (Å²) in [6, 6.07) is 4.20. The lowest BCUT2D eigenvalue weighted by atomic mass is 10.1. The van der Waals surface area contributed by atoms with Gasteiger partial charge in [-0.1, -0.05) is 19.4 Å². The van der Waals surface area contributed by atoms with Crippen LogP contribution >= 0.6 is 11.3 Å². The second kappa shape index (κ2) is 8.94. The molecule has 1 saturated carbocycles. The number of ether oxygens (including phenoxy) is 1. The molecule has 1 aliphatic heterocycles. The van der Waals surface area contributed by atoms with Crippen LogP contribution in [-0.4, -0.2) is 44.5 Å². The van der Waals surface area contributed by atoms with E-state index in [1.807, 2.05) is 13.1 Å². The van der Waals surface area contributed by atoms with Crippen LogP contribution in [0.5, 0.6) is 5.88 Å². The van der Waals surface area contributed by atoms with E-state index in [0.29, 0.717) is 19.0 Å². The summed E-state index contributed by atoms with van der Waals surface area (Å²) in [5.74, 6) is 2.02. The molecule has 0 aromatic carbocycles. The molecule has 1 amide bonds. The Kier molecular flexibility index (Phi) is 5.87. The molecule has 5 rings (SSSR count). The summed E-state index contributed by atoms with van der Waals surface area (Å²) in [5, 5.41) is 5.18. The Balaban J connectivity index is 1.45. The van der Waals surface area contributed by atoms with Gasteiger partial charge in [0.05, 0.1) is 17.4 Å². The van der Waals surface area contributed by atoms with Crippen LogP contribution in [0.3, 0.4) is 0 Å². The van der Waals surface area contributed by atoms with E-state index < -0.39 is 0 Å². The number of hydrogen-bond donors (Lipinski definition) is 1. The van der Waals surface area contributed by atoms with E-state index in [4.69, 9.17) is 9.72 Å². The van der Waals surface area contributed by atoms with E-state index in [1.165, 1.54) is 31.8 Å². The lowest BCUT2D eigenvalue weighted by Gasteiger charge is -2.17. The average Bonchev–Trinajstić information content (AvgIpc) is 3.58. The van der Waals surface area contributed by atoms with Crippen molar-refractivity contribution in [3.05, 3.63) is 42.1 Å². The zero-order valence-corrected chi connectivity index (χ0v) is 19.2. The van der Waals surface area contributed by atoms with Crippen LogP contribution in [0.15, 0.2) is 37.2 Å². The summed E-state index contributed by atoms with van der Waals surface area (Å²) in [6.45, 7) is 7.89. The van der Waals surface area contributed by atoms with Crippen molar-refractivity contribution in [2.75, 3.05) is 18.4 Å². The van der Waals surface area contributed by atoms with E-state index in [-0.39, 0.29) is 12.0 Å². The minimum Gasteiger partial charge on any atom is -0.472 e. The smallest absolute Gasteiger partial charge is 0.246 e. The maximum atomic E-state index is 12.0. The molecule has 0 bridgehead atoms.